The van der Waals surface area contributed by atoms with E-state index in [9.17, 15) is 9.59 Å². The molecule has 1 unspecified atom stereocenters. The van der Waals surface area contributed by atoms with E-state index in [-0.39, 0.29) is 17.7 Å². The van der Waals surface area contributed by atoms with Crippen LogP contribution in [-0.4, -0.2) is 44.1 Å². The van der Waals surface area contributed by atoms with Crippen LogP contribution >= 0.6 is 0 Å². The number of rotatable bonds is 4. The lowest BCUT2D eigenvalue weighted by Crippen LogP contribution is -2.34. The molecule has 0 spiro atoms. The number of fused-ring (bicyclic) bond motifs is 1. The summed E-state index contributed by atoms with van der Waals surface area (Å²) in [7, 11) is 0. The van der Waals surface area contributed by atoms with Crippen molar-refractivity contribution in [3.63, 3.8) is 0 Å². The van der Waals surface area contributed by atoms with Crippen LogP contribution in [0.2, 0.25) is 0 Å². The van der Waals surface area contributed by atoms with Crippen molar-refractivity contribution < 1.29 is 9.59 Å². The third kappa shape index (κ3) is 2.96. The number of aryl methyl sites for hydroxylation is 1. The van der Waals surface area contributed by atoms with Gasteiger partial charge >= 0.3 is 0 Å². The first-order valence-corrected chi connectivity index (χ1v) is 8.70. The zero-order valence-electron chi connectivity index (χ0n) is 13.3. The van der Waals surface area contributed by atoms with Gasteiger partial charge in [-0.25, -0.2) is 0 Å². The smallest absolute Gasteiger partial charge is 0.225 e. The average molecular weight is 317 g/mol. The van der Waals surface area contributed by atoms with Gasteiger partial charge < -0.3 is 14.8 Å². The van der Waals surface area contributed by atoms with E-state index in [1.54, 1.807) is 0 Å². The highest BCUT2D eigenvalue weighted by atomic mass is 16.2. The summed E-state index contributed by atoms with van der Waals surface area (Å²) in [5.41, 5.74) is 0. The molecule has 2 amide bonds. The molecule has 2 aliphatic heterocycles. The molecule has 1 saturated heterocycles. The number of likely N-dealkylation sites (tertiary alicyclic amines) is 1. The minimum atomic E-state index is -0.213. The van der Waals surface area contributed by atoms with Crippen LogP contribution in [0.5, 0.6) is 0 Å². The second kappa shape index (κ2) is 5.94. The lowest BCUT2D eigenvalue weighted by Gasteiger charge is -2.15. The van der Waals surface area contributed by atoms with Gasteiger partial charge in [-0.1, -0.05) is 6.42 Å². The van der Waals surface area contributed by atoms with Gasteiger partial charge in [-0.2, -0.15) is 0 Å². The van der Waals surface area contributed by atoms with Gasteiger partial charge in [0.1, 0.15) is 5.82 Å². The average Bonchev–Trinajstić information content (AvgIpc) is 3.27. The lowest BCUT2D eigenvalue weighted by atomic mass is 10.1. The molecule has 23 heavy (non-hydrogen) atoms. The van der Waals surface area contributed by atoms with Gasteiger partial charge in [-0.15, -0.1) is 10.2 Å². The standard InChI is InChI=1S/C16H23N5O2/c22-15-8-11(10-21(15)12-5-6-12)16(23)17-9-14-19-18-13-4-2-1-3-7-20(13)14/h11-12H,1-10H2,(H,17,23). The first kappa shape index (κ1) is 14.7. The number of hydrogen-bond acceptors (Lipinski definition) is 4. The van der Waals surface area contributed by atoms with Crippen molar-refractivity contribution in [2.75, 3.05) is 6.54 Å². The topological polar surface area (TPSA) is 80.1 Å². The maximum atomic E-state index is 12.4. The van der Waals surface area contributed by atoms with Crippen LogP contribution in [-0.2, 0) is 29.1 Å². The molecule has 3 heterocycles. The lowest BCUT2D eigenvalue weighted by molar-refractivity contribution is -0.129. The number of hydrogen-bond donors (Lipinski definition) is 1. The molecule has 0 bridgehead atoms. The normalized spacial score (nSPS) is 24.4. The minimum absolute atomic E-state index is 0.0347. The Morgan fingerprint density at radius 2 is 2.09 bits per heavy atom. The molecule has 1 aromatic rings. The Balaban J connectivity index is 1.35. The van der Waals surface area contributed by atoms with Crippen molar-refractivity contribution in [1.82, 2.24) is 25.0 Å². The van der Waals surface area contributed by atoms with Crippen molar-refractivity contribution in [3.05, 3.63) is 11.6 Å². The summed E-state index contributed by atoms with van der Waals surface area (Å²) in [5.74, 6) is 1.74. The highest BCUT2D eigenvalue weighted by Gasteiger charge is 2.41. The van der Waals surface area contributed by atoms with Crippen LogP contribution in [0.1, 0.15) is 50.2 Å². The molecule has 0 radical (unpaired) electrons. The molecule has 124 valence electrons. The SMILES string of the molecule is O=C(NCc1nnc2n1CCCCC2)C1CC(=O)N(C2CC2)C1. The van der Waals surface area contributed by atoms with Crippen molar-refractivity contribution in [2.45, 2.75) is 64.1 Å². The third-order valence-electron chi connectivity index (χ3n) is 5.12. The highest BCUT2D eigenvalue weighted by Crippen LogP contribution is 2.32. The summed E-state index contributed by atoms with van der Waals surface area (Å²) >= 11 is 0. The first-order valence-electron chi connectivity index (χ1n) is 8.70. The van der Waals surface area contributed by atoms with E-state index in [0.29, 0.717) is 25.6 Å². The predicted molar refractivity (Wildman–Crippen MR) is 82.3 cm³/mol. The summed E-state index contributed by atoms with van der Waals surface area (Å²) in [5, 5.41) is 11.4. The van der Waals surface area contributed by atoms with Gasteiger partial charge in [0.15, 0.2) is 5.82 Å². The molecule has 1 aromatic heterocycles. The number of carbonyl (C=O) groups is 2. The molecule has 4 rings (SSSR count). The molecular weight excluding hydrogens is 294 g/mol. The fourth-order valence-electron chi connectivity index (χ4n) is 3.63. The summed E-state index contributed by atoms with van der Waals surface area (Å²) < 4.78 is 2.14. The van der Waals surface area contributed by atoms with E-state index in [1.807, 2.05) is 4.90 Å². The van der Waals surface area contributed by atoms with Crippen LogP contribution in [0.3, 0.4) is 0 Å². The summed E-state index contributed by atoms with van der Waals surface area (Å²) in [6.45, 7) is 1.91. The molecule has 1 saturated carbocycles. The zero-order valence-corrected chi connectivity index (χ0v) is 13.3. The van der Waals surface area contributed by atoms with E-state index in [4.69, 9.17) is 0 Å². The number of carbonyl (C=O) groups excluding carboxylic acids is 2. The van der Waals surface area contributed by atoms with E-state index in [2.05, 4.69) is 20.1 Å². The molecule has 0 aromatic carbocycles. The maximum Gasteiger partial charge on any atom is 0.225 e. The summed E-state index contributed by atoms with van der Waals surface area (Å²) in [6.07, 6.45) is 7.01. The largest absolute Gasteiger partial charge is 0.348 e. The third-order valence-corrected chi connectivity index (χ3v) is 5.12. The van der Waals surface area contributed by atoms with E-state index < -0.39 is 0 Å². The van der Waals surface area contributed by atoms with Crippen LogP contribution in [0.4, 0.5) is 0 Å². The molecule has 1 atom stereocenters. The number of aromatic nitrogens is 3. The first-order chi connectivity index (χ1) is 11.2. The van der Waals surface area contributed by atoms with Crippen LogP contribution < -0.4 is 5.32 Å². The van der Waals surface area contributed by atoms with Gasteiger partial charge in [0.2, 0.25) is 11.8 Å². The van der Waals surface area contributed by atoms with Crippen molar-refractivity contribution in [1.29, 1.82) is 0 Å². The fourth-order valence-corrected chi connectivity index (χ4v) is 3.63. The van der Waals surface area contributed by atoms with Crippen LogP contribution in [0, 0.1) is 5.92 Å². The van der Waals surface area contributed by atoms with Crippen LogP contribution in [0.15, 0.2) is 0 Å². The highest BCUT2D eigenvalue weighted by molar-refractivity contribution is 5.89. The van der Waals surface area contributed by atoms with Crippen molar-refractivity contribution in [3.8, 4) is 0 Å². The van der Waals surface area contributed by atoms with Gasteiger partial charge in [-0.05, 0) is 25.7 Å². The minimum Gasteiger partial charge on any atom is -0.348 e. The number of nitrogens with one attached hydrogen (secondary N) is 1. The predicted octanol–water partition coefficient (Wildman–Crippen LogP) is 0.632. The molecular formula is C16H23N5O2. The summed E-state index contributed by atoms with van der Waals surface area (Å²) in [6, 6.07) is 0.396. The molecule has 1 aliphatic carbocycles. The van der Waals surface area contributed by atoms with E-state index >= 15 is 0 Å². The van der Waals surface area contributed by atoms with Crippen molar-refractivity contribution >= 4 is 11.8 Å². The Hall–Kier alpha value is -1.92. The second-order valence-corrected chi connectivity index (χ2v) is 6.89. The quantitative estimate of drug-likeness (QED) is 0.883. The second-order valence-electron chi connectivity index (χ2n) is 6.89. The zero-order chi connectivity index (χ0) is 15.8. The van der Waals surface area contributed by atoms with Crippen LogP contribution in [0.25, 0.3) is 0 Å². The molecule has 7 heteroatoms. The van der Waals surface area contributed by atoms with Gasteiger partial charge in [0, 0.05) is 32.0 Å². The van der Waals surface area contributed by atoms with Crippen molar-refractivity contribution in [2.24, 2.45) is 5.92 Å². The molecule has 7 nitrogen and oxygen atoms in total. The molecule has 3 aliphatic rings. The maximum absolute atomic E-state index is 12.4. The monoisotopic (exact) mass is 317 g/mol. The number of amides is 2. The van der Waals surface area contributed by atoms with Gasteiger partial charge in [0.25, 0.3) is 0 Å². The Kier molecular flexibility index (Phi) is 3.79. The Morgan fingerprint density at radius 1 is 1.22 bits per heavy atom. The Bertz CT molecular complexity index is 622. The summed E-state index contributed by atoms with van der Waals surface area (Å²) in [4.78, 5) is 26.2. The number of nitrogens with zero attached hydrogens (tertiary/aromatic N) is 4. The Labute approximate surface area is 135 Å². The van der Waals surface area contributed by atoms with E-state index in [0.717, 1.165) is 50.3 Å². The molecule has 2 fully saturated rings. The molecule has 1 N–H and O–H groups in total. The van der Waals surface area contributed by atoms with E-state index in [1.165, 1.54) is 6.42 Å². The Morgan fingerprint density at radius 3 is 2.91 bits per heavy atom. The fraction of sp³-hybridized carbons (Fsp3) is 0.750. The van der Waals surface area contributed by atoms with Gasteiger partial charge in [-0.3, -0.25) is 9.59 Å². The van der Waals surface area contributed by atoms with Gasteiger partial charge in [0.05, 0.1) is 12.5 Å².